The molecule has 0 aliphatic carbocycles. The third-order valence-electron chi connectivity index (χ3n) is 3.94. The maximum Gasteiger partial charge on any atom is 0.261 e. The fourth-order valence-electron chi connectivity index (χ4n) is 2.76. The molecule has 0 radical (unpaired) electrons. The van der Waals surface area contributed by atoms with Crippen LogP contribution in [0.15, 0.2) is 30.3 Å². The summed E-state index contributed by atoms with van der Waals surface area (Å²) in [5.74, 6) is 0. The Kier molecular flexibility index (Phi) is 6.54. The van der Waals surface area contributed by atoms with E-state index >= 15 is 0 Å². The Balaban J connectivity index is 1.93. The van der Waals surface area contributed by atoms with Gasteiger partial charge in [0.15, 0.2) is 0 Å². The second-order valence-electron chi connectivity index (χ2n) is 5.40. The number of piperazine rings is 1. The van der Waals surface area contributed by atoms with Gasteiger partial charge in [-0.2, -0.15) is 0 Å². The van der Waals surface area contributed by atoms with Crippen LogP contribution in [0, 0.1) is 0 Å². The Morgan fingerprint density at radius 1 is 1.33 bits per heavy atom. The van der Waals surface area contributed by atoms with Crippen LogP contribution in [-0.2, 0) is 4.74 Å². The topological polar surface area (TPSA) is 24.5 Å². The predicted octanol–water partition coefficient (Wildman–Crippen LogP) is 2.69. The molecule has 3 nitrogen and oxygen atoms in total. The predicted molar refractivity (Wildman–Crippen MR) is 79.7 cm³/mol. The highest BCUT2D eigenvalue weighted by Crippen LogP contribution is 2.23. The molecule has 0 aromatic heterocycles. The van der Waals surface area contributed by atoms with Gasteiger partial charge in [-0.15, -0.1) is 0 Å². The van der Waals surface area contributed by atoms with Crippen molar-refractivity contribution in [1.82, 2.24) is 10.2 Å². The molecular formula is C16H24F2N2O. The van der Waals surface area contributed by atoms with Crippen LogP contribution in [-0.4, -0.2) is 50.2 Å². The summed E-state index contributed by atoms with van der Waals surface area (Å²) in [6.45, 7) is 4.53. The Labute approximate surface area is 125 Å². The van der Waals surface area contributed by atoms with Gasteiger partial charge >= 0.3 is 0 Å². The third-order valence-corrected chi connectivity index (χ3v) is 3.94. The van der Waals surface area contributed by atoms with Gasteiger partial charge in [0.2, 0.25) is 0 Å². The van der Waals surface area contributed by atoms with E-state index in [0.29, 0.717) is 19.2 Å². The quantitative estimate of drug-likeness (QED) is 0.783. The van der Waals surface area contributed by atoms with Gasteiger partial charge < -0.3 is 10.1 Å². The zero-order chi connectivity index (χ0) is 15.1. The van der Waals surface area contributed by atoms with Crippen LogP contribution in [0.25, 0.3) is 0 Å². The lowest BCUT2D eigenvalue weighted by atomic mass is 10.0. The highest BCUT2D eigenvalue weighted by Gasteiger charge is 2.27. The van der Waals surface area contributed by atoms with E-state index in [9.17, 15) is 8.78 Å². The summed E-state index contributed by atoms with van der Waals surface area (Å²) in [6.07, 6.45) is -1.32. The van der Waals surface area contributed by atoms with Crippen LogP contribution < -0.4 is 5.32 Å². The first kappa shape index (κ1) is 16.3. The van der Waals surface area contributed by atoms with Gasteiger partial charge in [-0.25, -0.2) is 8.78 Å². The maximum atomic E-state index is 12.1. The molecule has 1 fully saturated rings. The highest BCUT2D eigenvalue weighted by molar-refractivity contribution is 5.20. The Hall–Kier alpha value is -1.04. The minimum atomic E-state index is -2.39. The molecule has 1 heterocycles. The second kappa shape index (κ2) is 8.41. The third kappa shape index (κ3) is 5.02. The van der Waals surface area contributed by atoms with Gasteiger partial charge in [-0.05, 0) is 12.0 Å². The molecule has 5 heteroatoms. The van der Waals surface area contributed by atoms with Gasteiger partial charge in [0.1, 0.15) is 6.61 Å². The molecule has 2 rings (SSSR count). The van der Waals surface area contributed by atoms with Crippen molar-refractivity contribution in [2.75, 3.05) is 32.8 Å². The molecule has 1 aliphatic rings. The van der Waals surface area contributed by atoms with E-state index in [1.54, 1.807) is 0 Å². The largest absolute Gasteiger partial charge is 0.374 e. The molecule has 118 valence electrons. The molecule has 21 heavy (non-hydrogen) atoms. The Morgan fingerprint density at radius 3 is 2.76 bits per heavy atom. The smallest absolute Gasteiger partial charge is 0.261 e. The van der Waals surface area contributed by atoms with Crippen molar-refractivity contribution in [3.63, 3.8) is 0 Å². The number of nitrogens with zero attached hydrogens (tertiary/aromatic N) is 1. The number of rotatable bonds is 7. The second-order valence-corrected chi connectivity index (χ2v) is 5.40. The molecular weight excluding hydrogens is 274 g/mol. The van der Waals surface area contributed by atoms with Crippen molar-refractivity contribution in [2.45, 2.75) is 31.9 Å². The number of nitrogens with one attached hydrogen (secondary N) is 1. The van der Waals surface area contributed by atoms with Crippen molar-refractivity contribution >= 4 is 0 Å². The van der Waals surface area contributed by atoms with Gasteiger partial charge in [-0.1, -0.05) is 37.3 Å². The van der Waals surface area contributed by atoms with Gasteiger partial charge in [0.05, 0.1) is 6.61 Å². The number of benzene rings is 1. The van der Waals surface area contributed by atoms with E-state index < -0.39 is 13.0 Å². The molecule has 1 saturated heterocycles. The zero-order valence-electron chi connectivity index (χ0n) is 12.5. The monoisotopic (exact) mass is 298 g/mol. The summed E-state index contributed by atoms with van der Waals surface area (Å²) in [6, 6.07) is 11.0. The molecule has 1 aromatic carbocycles. The standard InChI is InChI=1S/C16H24F2N2O/c1-2-14-11-20(8-9-21-12-16(17)18)15(10-19-14)13-6-4-3-5-7-13/h3-7,14-16,19H,2,8-12H2,1H3. The minimum Gasteiger partial charge on any atom is -0.374 e. The maximum absolute atomic E-state index is 12.1. The molecule has 1 aliphatic heterocycles. The van der Waals surface area contributed by atoms with Crippen molar-refractivity contribution in [3.8, 4) is 0 Å². The van der Waals surface area contributed by atoms with Crippen molar-refractivity contribution in [2.24, 2.45) is 0 Å². The number of ether oxygens (including phenoxy) is 1. The first-order valence-corrected chi connectivity index (χ1v) is 7.59. The molecule has 0 bridgehead atoms. The van der Waals surface area contributed by atoms with Crippen molar-refractivity contribution in [1.29, 1.82) is 0 Å². The van der Waals surface area contributed by atoms with Crippen LogP contribution >= 0.6 is 0 Å². The number of halogens is 2. The van der Waals surface area contributed by atoms with E-state index in [-0.39, 0.29) is 6.04 Å². The molecule has 1 aromatic rings. The first-order chi connectivity index (χ1) is 10.2. The van der Waals surface area contributed by atoms with E-state index in [1.807, 2.05) is 18.2 Å². The van der Waals surface area contributed by atoms with Crippen molar-refractivity contribution < 1.29 is 13.5 Å². The average Bonchev–Trinajstić information content (AvgIpc) is 2.52. The van der Waals surface area contributed by atoms with Crippen LogP contribution in [0.3, 0.4) is 0 Å². The van der Waals surface area contributed by atoms with E-state index in [0.717, 1.165) is 19.5 Å². The van der Waals surface area contributed by atoms with E-state index in [4.69, 9.17) is 4.74 Å². The van der Waals surface area contributed by atoms with E-state index in [2.05, 4.69) is 29.3 Å². The summed E-state index contributed by atoms with van der Waals surface area (Å²) < 4.78 is 29.3. The molecule has 0 amide bonds. The average molecular weight is 298 g/mol. The molecule has 2 atom stereocenters. The number of alkyl halides is 2. The lowest BCUT2D eigenvalue weighted by Crippen LogP contribution is -2.52. The number of hydrogen-bond acceptors (Lipinski definition) is 3. The minimum absolute atomic E-state index is 0.282. The van der Waals surface area contributed by atoms with E-state index in [1.165, 1.54) is 5.56 Å². The summed E-state index contributed by atoms with van der Waals surface area (Å²) in [5, 5.41) is 3.55. The SMILES string of the molecule is CCC1CN(CCOCC(F)F)C(c2ccccc2)CN1. The lowest BCUT2D eigenvalue weighted by molar-refractivity contribution is 0.00103. The van der Waals surface area contributed by atoms with Crippen LogP contribution in [0.2, 0.25) is 0 Å². The fraction of sp³-hybridized carbons (Fsp3) is 0.625. The van der Waals surface area contributed by atoms with Gasteiger partial charge in [-0.3, -0.25) is 4.90 Å². The summed E-state index contributed by atoms with van der Waals surface area (Å²) in [7, 11) is 0. The lowest BCUT2D eigenvalue weighted by Gasteiger charge is -2.40. The zero-order valence-corrected chi connectivity index (χ0v) is 12.5. The van der Waals surface area contributed by atoms with Crippen LogP contribution in [0.5, 0.6) is 0 Å². The van der Waals surface area contributed by atoms with Crippen molar-refractivity contribution in [3.05, 3.63) is 35.9 Å². The Morgan fingerprint density at radius 2 is 2.10 bits per heavy atom. The van der Waals surface area contributed by atoms with Gasteiger partial charge in [0, 0.05) is 31.7 Å². The number of hydrogen-bond donors (Lipinski definition) is 1. The first-order valence-electron chi connectivity index (χ1n) is 7.59. The van der Waals surface area contributed by atoms with Gasteiger partial charge in [0.25, 0.3) is 6.43 Å². The normalized spacial score (nSPS) is 23.6. The molecule has 2 unspecified atom stereocenters. The van der Waals surface area contributed by atoms with Crippen LogP contribution in [0.1, 0.15) is 24.9 Å². The fourth-order valence-corrected chi connectivity index (χ4v) is 2.76. The Bertz CT molecular complexity index is 403. The molecule has 1 N–H and O–H groups in total. The molecule has 0 spiro atoms. The summed E-state index contributed by atoms with van der Waals surface area (Å²) >= 11 is 0. The summed E-state index contributed by atoms with van der Waals surface area (Å²) in [4.78, 5) is 2.34. The van der Waals surface area contributed by atoms with Crippen LogP contribution in [0.4, 0.5) is 8.78 Å². The highest BCUT2D eigenvalue weighted by atomic mass is 19.3. The molecule has 0 saturated carbocycles. The summed E-state index contributed by atoms with van der Waals surface area (Å²) in [5.41, 5.74) is 1.26.